The lowest BCUT2D eigenvalue weighted by molar-refractivity contribution is 0.0942. The van der Waals surface area contributed by atoms with Gasteiger partial charge in [-0.1, -0.05) is 5.92 Å². The third-order valence-electron chi connectivity index (χ3n) is 4.74. The van der Waals surface area contributed by atoms with Gasteiger partial charge in [0.05, 0.1) is 29.8 Å². The normalized spacial score (nSPS) is 11.1. The van der Waals surface area contributed by atoms with Crippen LogP contribution in [-0.4, -0.2) is 51.6 Å². The molecule has 3 aromatic rings. The molecule has 4 N–H and O–H groups in total. The molecule has 3 heterocycles. The second-order valence-corrected chi connectivity index (χ2v) is 8.24. The molecule has 3 aromatic heterocycles. The van der Waals surface area contributed by atoms with Crippen molar-refractivity contribution in [1.29, 1.82) is 0 Å². The molecule has 0 aliphatic carbocycles. The van der Waals surface area contributed by atoms with Crippen LogP contribution in [0.5, 0.6) is 0 Å². The van der Waals surface area contributed by atoms with Crippen molar-refractivity contribution >= 4 is 28.7 Å². The molecular weight excluding hydrogens is 404 g/mol. The number of nitrogens with one attached hydrogen (secondary N) is 2. The van der Waals surface area contributed by atoms with Crippen LogP contribution in [0.2, 0.25) is 0 Å². The summed E-state index contributed by atoms with van der Waals surface area (Å²) in [5.74, 6) is 6.76. The largest absolute Gasteiger partial charge is 0.371 e. The highest BCUT2D eigenvalue weighted by atomic mass is 16.2. The first-order valence-electron chi connectivity index (χ1n) is 10.4. The van der Waals surface area contributed by atoms with Gasteiger partial charge < -0.3 is 21.3 Å². The molecule has 9 nitrogen and oxygen atoms in total. The summed E-state index contributed by atoms with van der Waals surface area (Å²) in [5, 5.41) is 5.99. The molecule has 32 heavy (non-hydrogen) atoms. The Hall–Kier alpha value is -3.64. The average Bonchev–Trinajstić information content (AvgIpc) is 3.13. The van der Waals surface area contributed by atoms with E-state index in [0.717, 1.165) is 16.7 Å². The summed E-state index contributed by atoms with van der Waals surface area (Å²) in [6, 6.07) is 7.49. The van der Waals surface area contributed by atoms with Crippen molar-refractivity contribution in [3.8, 4) is 11.8 Å². The summed E-state index contributed by atoms with van der Waals surface area (Å²) in [5.41, 5.74) is 8.52. The third-order valence-corrected chi connectivity index (χ3v) is 4.74. The number of carbonyl (C=O) groups is 1. The Kier molecular flexibility index (Phi) is 6.95. The van der Waals surface area contributed by atoms with Crippen LogP contribution in [0.15, 0.2) is 30.5 Å². The predicted octanol–water partition coefficient (Wildman–Crippen LogP) is 1.99. The Labute approximate surface area is 188 Å². The van der Waals surface area contributed by atoms with Gasteiger partial charge >= 0.3 is 0 Å². The zero-order chi connectivity index (χ0) is 23.3. The fourth-order valence-electron chi connectivity index (χ4n) is 3.48. The van der Waals surface area contributed by atoms with Crippen LogP contribution in [-0.2, 0) is 13.1 Å². The number of carbonyl (C=O) groups excluding carboxylic acids is 1. The van der Waals surface area contributed by atoms with Crippen molar-refractivity contribution in [3.63, 3.8) is 0 Å². The summed E-state index contributed by atoms with van der Waals surface area (Å²) in [6.45, 7) is 6.82. The van der Waals surface area contributed by atoms with E-state index in [4.69, 9.17) is 5.73 Å². The Morgan fingerprint density at radius 2 is 2.03 bits per heavy atom. The number of hydrogen-bond donors (Lipinski definition) is 3. The summed E-state index contributed by atoms with van der Waals surface area (Å²) < 4.78 is 1.81. The van der Waals surface area contributed by atoms with Gasteiger partial charge in [0, 0.05) is 32.4 Å². The van der Waals surface area contributed by atoms with Crippen molar-refractivity contribution in [2.45, 2.75) is 39.4 Å². The molecule has 168 valence electrons. The van der Waals surface area contributed by atoms with E-state index in [1.807, 2.05) is 50.1 Å². The number of aromatic nitrogens is 4. The van der Waals surface area contributed by atoms with Gasteiger partial charge in [-0.15, -0.1) is 5.92 Å². The quantitative estimate of drug-likeness (QED) is 0.465. The number of nitrogens with two attached hydrogens (primary N) is 1. The predicted molar refractivity (Wildman–Crippen MR) is 127 cm³/mol. The van der Waals surface area contributed by atoms with Gasteiger partial charge in [-0.25, -0.2) is 4.98 Å². The van der Waals surface area contributed by atoms with Gasteiger partial charge in [-0.2, -0.15) is 4.98 Å². The molecule has 3 rings (SSSR count). The first-order chi connectivity index (χ1) is 15.2. The van der Waals surface area contributed by atoms with E-state index < -0.39 is 5.54 Å². The molecule has 0 atom stereocenters. The maximum atomic E-state index is 13.2. The summed E-state index contributed by atoms with van der Waals surface area (Å²) in [7, 11) is 3.64. The summed E-state index contributed by atoms with van der Waals surface area (Å²) in [6.07, 6.45) is 1.73. The molecule has 0 bridgehead atoms. The van der Waals surface area contributed by atoms with Crippen LogP contribution in [0.1, 0.15) is 37.0 Å². The van der Waals surface area contributed by atoms with E-state index in [2.05, 4.69) is 37.4 Å². The van der Waals surface area contributed by atoms with Crippen LogP contribution in [0.4, 0.5) is 11.8 Å². The minimum Gasteiger partial charge on any atom is -0.371 e. The van der Waals surface area contributed by atoms with E-state index in [1.165, 1.54) is 0 Å². The lowest BCUT2D eigenvalue weighted by atomic mass is 10.1. The first-order valence-corrected chi connectivity index (χ1v) is 10.4. The number of imidazole rings is 1. The zero-order valence-corrected chi connectivity index (χ0v) is 19.2. The molecular formula is C23H30N8O. The summed E-state index contributed by atoms with van der Waals surface area (Å²) >= 11 is 0. The zero-order valence-electron chi connectivity index (χ0n) is 19.2. The van der Waals surface area contributed by atoms with Gasteiger partial charge in [-0.05, 0) is 45.0 Å². The standard InChI is InChI=1S/C23H30N8O/c1-6-7-13-31-19(20(25-4)29-22(31)30(5)15-23(2,3)24)21(32)27-14-16-10-11-17-18(28-16)9-8-12-26-17/h8-12,25H,13-15,24H2,1-5H3,(H,27,32). The second-order valence-electron chi connectivity index (χ2n) is 8.24. The molecule has 0 saturated carbocycles. The van der Waals surface area contributed by atoms with E-state index in [-0.39, 0.29) is 12.5 Å². The molecule has 0 aliphatic heterocycles. The number of likely N-dealkylation sites (N-methyl/N-ethyl adjacent to an activating group) is 1. The molecule has 0 spiro atoms. The van der Waals surface area contributed by atoms with Crippen LogP contribution in [0.3, 0.4) is 0 Å². The number of anilines is 2. The molecule has 0 aliphatic rings. The third kappa shape index (κ3) is 5.34. The van der Waals surface area contributed by atoms with Crippen LogP contribution in [0.25, 0.3) is 11.0 Å². The topological polar surface area (TPSA) is 114 Å². The lowest BCUT2D eigenvalue weighted by Gasteiger charge is -2.27. The maximum absolute atomic E-state index is 13.2. The van der Waals surface area contributed by atoms with E-state index >= 15 is 0 Å². The van der Waals surface area contributed by atoms with Crippen molar-refractivity contribution < 1.29 is 4.79 Å². The Balaban J connectivity index is 1.89. The van der Waals surface area contributed by atoms with E-state index in [0.29, 0.717) is 30.5 Å². The van der Waals surface area contributed by atoms with E-state index in [9.17, 15) is 4.79 Å². The van der Waals surface area contributed by atoms with Gasteiger partial charge in [0.15, 0.2) is 11.5 Å². The Morgan fingerprint density at radius 1 is 1.25 bits per heavy atom. The highest BCUT2D eigenvalue weighted by molar-refractivity contribution is 5.98. The minimum absolute atomic E-state index is 0.264. The average molecular weight is 435 g/mol. The monoisotopic (exact) mass is 434 g/mol. The van der Waals surface area contributed by atoms with Crippen molar-refractivity contribution in [2.24, 2.45) is 5.73 Å². The number of hydrogen-bond acceptors (Lipinski definition) is 7. The van der Waals surface area contributed by atoms with Crippen molar-refractivity contribution in [1.82, 2.24) is 24.8 Å². The highest BCUT2D eigenvalue weighted by Gasteiger charge is 2.26. The highest BCUT2D eigenvalue weighted by Crippen LogP contribution is 2.24. The number of fused-ring (bicyclic) bond motifs is 1. The molecule has 0 saturated heterocycles. The molecule has 9 heteroatoms. The van der Waals surface area contributed by atoms with Crippen LogP contribution >= 0.6 is 0 Å². The van der Waals surface area contributed by atoms with Crippen LogP contribution in [0, 0.1) is 11.8 Å². The number of rotatable bonds is 8. The Morgan fingerprint density at radius 3 is 2.72 bits per heavy atom. The van der Waals surface area contributed by atoms with Crippen molar-refractivity contribution in [2.75, 3.05) is 30.9 Å². The maximum Gasteiger partial charge on any atom is 0.272 e. The minimum atomic E-state index is -0.430. The fourth-order valence-corrected chi connectivity index (χ4v) is 3.48. The van der Waals surface area contributed by atoms with Gasteiger partial charge in [0.25, 0.3) is 5.91 Å². The molecule has 0 unspecified atom stereocenters. The Bertz CT molecular complexity index is 1170. The molecule has 0 aromatic carbocycles. The first kappa shape index (κ1) is 23.0. The van der Waals surface area contributed by atoms with Crippen molar-refractivity contribution in [3.05, 3.63) is 41.9 Å². The lowest BCUT2D eigenvalue weighted by Crippen LogP contribution is -2.44. The molecule has 0 fully saturated rings. The SMILES string of the molecule is CC#CCn1c(N(C)CC(C)(C)N)nc(NC)c1C(=O)NCc1ccc2ncccc2n1. The number of amides is 1. The van der Waals surface area contributed by atoms with Crippen LogP contribution < -0.4 is 21.3 Å². The van der Waals surface area contributed by atoms with E-state index in [1.54, 1.807) is 24.7 Å². The number of nitrogens with zero attached hydrogens (tertiary/aromatic N) is 5. The van der Waals surface area contributed by atoms with Gasteiger partial charge in [-0.3, -0.25) is 14.3 Å². The second kappa shape index (κ2) is 9.66. The molecule has 1 amide bonds. The number of pyridine rings is 2. The summed E-state index contributed by atoms with van der Waals surface area (Å²) in [4.78, 5) is 28.7. The smallest absolute Gasteiger partial charge is 0.272 e. The van der Waals surface area contributed by atoms with Gasteiger partial charge in [0.1, 0.15) is 0 Å². The fraction of sp³-hybridized carbons (Fsp3) is 0.391. The molecule has 0 radical (unpaired) electrons. The van der Waals surface area contributed by atoms with Gasteiger partial charge in [0.2, 0.25) is 5.95 Å².